The van der Waals surface area contributed by atoms with Gasteiger partial charge in [0.25, 0.3) is 0 Å². The summed E-state index contributed by atoms with van der Waals surface area (Å²) in [5.74, 6) is -1.23. The molecule has 0 unspecified atom stereocenters. The first kappa shape index (κ1) is 35.0. The second-order valence-corrected chi connectivity index (χ2v) is 14.0. The predicted molar refractivity (Wildman–Crippen MR) is 202 cm³/mol. The highest BCUT2D eigenvalue weighted by atomic mass is 35.5. The third-order valence-electron chi connectivity index (χ3n) is 10.5. The number of fused-ring (bicyclic) bond motifs is 5. The largest absolute Gasteiger partial charge is 0.457 e. The van der Waals surface area contributed by atoms with E-state index in [1.54, 1.807) is 30.1 Å². The van der Waals surface area contributed by atoms with Crippen LogP contribution in [-0.2, 0) is 23.1 Å². The molecule has 2 aliphatic rings. The molecule has 0 saturated carbocycles. The van der Waals surface area contributed by atoms with Gasteiger partial charge in [-0.05, 0) is 31.0 Å². The van der Waals surface area contributed by atoms with Gasteiger partial charge in [0, 0.05) is 80.9 Å². The molecule has 2 aromatic carbocycles. The van der Waals surface area contributed by atoms with Crippen LogP contribution in [-0.4, -0.2) is 82.3 Å². The second kappa shape index (κ2) is 13.7. The van der Waals surface area contributed by atoms with Crippen LogP contribution in [0.15, 0.2) is 65.8 Å². The van der Waals surface area contributed by atoms with E-state index in [-0.39, 0.29) is 40.2 Å². The van der Waals surface area contributed by atoms with E-state index in [9.17, 15) is 19.6 Å². The van der Waals surface area contributed by atoms with Crippen molar-refractivity contribution >= 4 is 68.0 Å². The van der Waals surface area contributed by atoms with E-state index in [1.807, 2.05) is 36.4 Å². The third-order valence-corrected chi connectivity index (χ3v) is 10.6. The number of likely N-dealkylation sites (N-methyl/N-ethyl adjacent to an activating group) is 1. The lowest BCUT2D eigenvalue weighted by atomic mass is 9.98. The molecule has 4 aromatic heterocycles. The van der Waals surface area contributed by atoms with Crippen molar-refractivity contribution in [1.29, 1.82) is 5.26 Å². The molecule has 15 heteroatoms. The number of likely N-dealkylation sites (tertiary alicyclic amines) is 1. The summed E-state index contributed by atoms with van der Waals surface area (Å²) in [5.41, 5.74) is 2.86. The standard InChI is InChI=1S/C39H34ClFN8O5/c1-46-16-22-9-10-49(30(22)18-46)34-26(15-43-36-32(34)31-25(13-42)28(41)12-29(33(31)45-36)48(3)39(52)54-20-40)23-11-24-35(50)27(17-47(2)37(24)44-14-23)38(51)53-19-21-7-5-4-6-8-21/h4-8,11-12,14-15,17,22,30H,9-10,16,18-20H2,1-3H3,(H,43,45)/t22-,30+/m0/s1. The number of benzene rings is 2. The van der Waals surface area contributed by atoms with Gasteiger partial charge in [-0.15, -0.1) is 0 Å². The number of aromatic nitrogens is 4. The van der Waals surface area contributed by atoms with E-state index in [4.69, 9.17) is 26.1 Å². The monoisotopic (exact) mass is 748 g/mol. The zero-order valence-electron chi connectivity index (χ0n) is 29.6. The molecule has 13 nitrogen and oxygen atoms in total. The Labute approximate surface area is 313 Å². The SMILES string of the molecule is CN1C[C@@H]2CCN(c3c(-c4cnc5c(c4)c(=O)c(C(=O)OCc4ccccc4)cn5C)cnc4[nH]c5c(N(C)C(=O)OCCl)cc(F)c(C#N)c5c34)[C@@H]2C1. The topological polar surface area (TPSA) is 150 Å². The number of ether oxygens (including phenoxy) is 2. The Kier molecular flexibility index (Phi) is 8.91. The number of aryl methyl sites for hydroxylation is 1. The van der Waals surface area contributed by atoms with E-state index in [2.05, 4.69) is 26.8 Å². The van der Waals surface area contributed by atoms with Gasteiger partial charge >= 0.3 is 12.1 Å². The maximum atomic E-state index is 15.9. The normalized spacial score (nSPS) is 16.9. The van der Waals surface area contributed by atoms with Crippen LogP contribution in [0.4, 0.5) is 20.6 Å². The quantitative estimate of drug-likeness (QED) is 0.154. The first-order chi connectivity index (χ1) is 26.1. The Morgan fingerprint density at radius 1 is 1.11 bits per heavy atom. The van der Waals surface area contributed by atoms with Gasteiger partial charge in [-0.3, -0.25) is 9.69 Å². The molecular formula is C39H34ClFN8O5. The molecule has 8 rings (SSSR count). The minimum absolute atomic E-state index is 0.00266. The molecule has 2 atom stereocenters. The van der Waals surface area contributed by atoms with E-state index in [0.29, 0.717) is 51.5 Å². The molecule has 274 valence electrons. The molecule has 1 N–H and O–H groups in total. The van der Waals surface area contributed by atoms with Gasteiger partial charge < -0.3 is 28.8 Å². The van der Waals surface area contributed by atoms with Gasteiger partial charge in [-0.1, -0.05) is 41.9 Å². The smallest absolute Gasteiger partial charge is 0.415 e. The van der Waals surface area contributed by atoms with Crippen LogP contribution in [0, 0.1) is 23.1 Å². The number of amides is 1. The Balaban J connectivity index is 1.35. The number of pyridine rings is 3. The van der Waals surface area contributed by atoms with E-state index in [0.717, 1.165) is 36.0 Å². The summed E-state index contributed by atoms with van der Waals surface area (Å²) < 4.78 is 28.1. The van der Waals surface area contributed by atoms with E-state index in [1.165, 1.54) is 13.2 Å². The number of aromatic amines is 1. The Bertz CT molecular complexity index is 2600. The maximum absolute atomic E-state index is 15.9. The number of carbonyl (C=O) groups excluding carboxylic acids is 2. The molecule has 1 amide bonds. The number of hydrogen-bond acceptors (Lipinski definition) is 10. The van der Waals surface area contributed by atoms with Crippen molar-refractivity contribution in [2.24, 2.45) is 13.0 Å². The van der Waals surface area contributed by atoms with E-state index < -0.39 is 29.4 Å². The predicted octanol–water partition coefficient (Wildman–Crippen LogP) is 5.91. The van der Waals surface area contributed by atoms with Crippen molar-refractivity contribution < 1.29 is 23.5 Å². The van der Waals surface area contributed by atoms with Crippen molar-refractivity contribution in [2.45, 2.75) is 19.1 Å². The van der Waals surface area contributed by atoms with Crippen LogP contribution in [0.2, 0.25) is 0 Å². The van der Waals surface area contributed by atoms with Gasteiger partial charge in [0.05, 0.1) is 33.2 Å². The summed E-state index contributed by atoms with van der Waals surface area (Å²) in [5, 5.41) is 11.3. The van der Waals surface area contributed by atoms with Crippen LogP contribution in [0.25, 0.3) is 44.1 Å². The summed E-state index contributed by atoms with van der Waals surface area (Å²) in [6, 6.07) is 13.7. The number of H-pyrrole nitrogens is 1. The summed E-state index contributed by atoms with van der Waals surface area (Å²) in [4.78, 5) is 58.4. The first-order valence-corrected chi connectivity index (χ1v) is 17.8. The molecule has 6 heterocycles. The van der Waals surface area contributed by atoms with Crippen LogP contribution in [0.1, 0.15) is 27.9 Å². The van der Waals surface area contributed by atoms with Crippen molar-refractivity contribution in [2.75, 3.05) is 49.6 Å². The average Bonchev–Trinajstić information content (AvgIpc) is 3.87. The summed E-state index contributed by atoms with van der Waals surface area (Å²) in [7, 11) is 5.19. The number of carbonyl (C=O) groups is 2. The fourth-order valence-electron chi connectivity index (χ4n) is 8.00. The van der Waals surface area contributed by atoms with Crippen LogP contribution >= 0.6 is 11.6 Å². The minimum atomic E-state index is -0.828. The number of halogens is 2. The molecule has 6 aromatic rings. The number of anilines is 2. The van der Waals surface area contributed by atoms with E-state index >= 15 is 4.39 Å². The zero-order chi connectivity index (χ0) is 37.8. The van der Waals surface area contributed by atoms with Gasteiger partial charge in [0.1, 0.15) is 35.4 Å². The van der Waals surface area contributed by atoms with Crippen LogP contribution in [0.5, 0.6) is 0 Å². The summed E-state index contributed by atoms with van der Waals surface area (Å²) in [6.07, 6.45) is 4.82. The molecule has 0 bridgehead atoms. The molecular weight excluding hydrogens is 715 g/mol. The van der Waals surface area contributed by atoms with Gasteiger partial charge in [-0.2, -0.15) is 5.26 Å². The van der Waals surface area contributed by atoms with Gasteiger partial charge in [0.2, 0.25) is 5.43 Å². The van der Waals surface area contributed by atoms with Crippen molar-refractivity contribution in [1.82, 2.24) is 24.4 Å². The second-order valence-electron chi connectivity index (χ2n) is 13.7. The van der Waals surface area contributed by atoms with Gasteiger partial charge in [0.15, 0.2) is 6.07 Å². The zero-order valence-corrected chi connectivity index (χ0v) is 30.4. The number of alkyl halides is 1. The molecule has 0 spiro atoms. The lowest BCUT2D eigenvalue weighted by molar-refractivity contribution is 0.0470. The molecule has 2 saturated heterocycles. The highest BCUT2D eigenvalue weighted by molar-refractivity contribution is 6.21. The maximum Gasteiger partial charge on any atom is 0.415 e. The number of nitrogens with one attached hydrogen (secondary N) is 1. The molecule has 2 fully saturated rings. The molecule has 54 heavy (non-hydrogen) atoms. The lowest BCUT2D eigenvalue weighted by Crippen LogP contribution is -2.35. The Hall–Kier alpha value is -6.04. The average molecular weight is 749 g/mol. The minimum Gasteiger partial charge on any atom is -0.457 e. The van der Waals surface area contributed by atoms with Crippen molar-refractivity contribution in [3.8, 4) is 17.2 Å². The highest BCUT2D eigenvalue weighted by Crippen LogP contribution is 2.47. The third kappa shape index (κ3) is 5.76. The number of rotatable bonds is 7. The Morgan fingerprint density at radius 3 is 2.67 bits per heavy atom. The number of esters is 1. The number of nitriles is 1. The highest BCUT2D eigenvalue weighted by Gasteiger charge is 2.42. The summed E-state index contributed by atoms with van der Waals surface area (Å²) in [6.45, 7) is 2.36. The van der Waals surface area contributed by atoms with Crippen molar-refractivity contribution in [3.63, 3.8) is 0 Å². The first-order valence-electron chi connectivity index (χ1n) is 17.3. The lowest BCUT2D eigenvalue weighted by Gasteiger charge is -2.29. The van der Waals surface area contributed by atoms with Crippen LogP contribution < -0.4 is 15.2 Å². The van der Waals surface area contributed by atoms with Crippen molar-refractivity contribution in [3.05, 3.63) is 93.8 Å². The fraction of sp³-hybridized carbons (Fsp3) is 0.282. The Morgan fingerprint density at radius 2 is 1.91 bits per heavy atom. The fourth-order valence-corrected chi connectivity index (χ4v) is 8.09. The molecule has 0 aliphatic carbocycles. The molecule has 2 aliphatic heterocycles. The van der Waals surface area contributed by atoms with Gasteiger partial charge in [-0.25, -0.2) is 23.9 Å². The number of hydrogen-bond donors (Lipinski definition) is 1. The molecule has 0 radical (unpaired) electrons. The van der Waals surface area contributed by atoms with Crippen LogP contribution in [0.3, 0.4) is 0 Å². The number of nitrogens with zero attached hydrogens (tertiary/aromatic N) is 7. The summed E-state index contributed by atoms with van der Waals surface area (Å²) >= 11 is 5.67.